The molecular weight excluding hydrogens is 266 g/mol. The van der Waals surface area contributed by atoms with Crippen molar-refractivity contribution in [1.82, 2.24) is 9.88 Å². The van der Waals surface area contributed by atoms with Crippen molar-refractivity contribution in [2.24, 2.45) is 0 Å². The molecule has 4 heteroatoms. The van der Waals surface area contributed by atoms with E-state index in [0.29, 0.717) is 5.13 Å². The van der Waals surface area contributed by atoms with Gasteiger partial charge in [-0.1, -0.05) is 30.3 Å². The Kier molecular flexibility index (Phi) is 5.56. The molecule has 1 aromatic heterocycles. The standard InChI is InChI=1S/C16H23N3S/c1-13-15(20-16(17)18-13)9-6-11-19(2)12-10-14-7-4-3-5-8-14/h3-5,7-8H,6,9-12H2,1-2H3,(H2,17,18). The normalized spacial score (nSPS) is 11.2. The van der Waals surface area contributed by atoms with Crippen molar-refractivity contribution in [1.29, 1.82) is 0 Å². The van der Waals surface area contributed by atoms with Gasteiger partial charge in [0, 0.05) is 11.4 Å². The number of nitrogens with two attached hydrogens (primary N) is 1. The maximum Gasteiger partial charge on any atom is 0.180 e. The van der Waals surface area contributed by atoms with Crippen LogP contribution < -0.4 is 5.73 Å². The van der Waals surface area contributed by atoms with Gasteiger partial charge in [0.1, 0.15) is 0 Å². The lowest BCUT2D eigenvalue weighted by Gasteiger charge is -2.16. The fraction of sp³-hybridized carbons (Fsp3) is 0.438. The molecule has 2 N–H and O–H groups in total. The molecular formula is C16H23N3S. The Morgan fingerprint density at radius 1 is 1.15 bits per heavy atom. The van der Waals surface area contributed by atoms with E-state index >= 15 is 0 Å². The summed E-state index contributed by atoms with van der Waals surface area (Å²) >= 11 is 1.62. The molecule has 0 bridgehead atoms. The number of hydrogen-bond donors (Lipinski definition) is 1. The van der Waals surface area contributed by atoms with Crippen LogP contribution in [0, 0.1) is 6.92 Å². The highest BCUT2D eigenvalue weighted by atomic mass is 32.1. The third-order valence-corrected chi connectivity index (χ3v) is 4.52. The maximum atomic E-state index is 5.72. The number of aromatic nitrogens is 1. The smallest absolute Gasteiger partial charge is 0.180 e. The zero-order valence-corrected chi connectivity index (χ0v) is 13.1. The van der Waals surface area contributed by atoms with Crippen molar-refractivity contribution in [3.63, 3.8) is 0 Å². The Hall–Kier alpha value is -1.39. The van der Waals surface area contributed by atoms with Gasteiger partial charge < -0.3 is 10.6 Å². The van der Waals surface area contributed by atoms with Gasteiger partial charge >= 0.3 is 0 Å². The van der Waals surface area contributed by atoms with Gasteiger partial charge in [0.05, 0.1) is 5.69 Å². The molecule has 0 aliphatic rings. The molecule has 2 aromatic rings. The summed E-state index contributed by atoms with van der Waals surface area (Å²) in [6, 6.07) is 10.7. The second kappa shape index (κ2) is 7.41. The lowest BCUT2D eigenvalue weighted by molar-refractivity contribution is 0.334. The molecule has 2 rings (SSSR count). The summed E-state index contributed by atoms with van der Waals surface area (Å²) in [6.45, 7) is 4.26. The molecule has 108 valence electrons. The fourth-order valence-corrected chi connectivity index (χ4v) is 3.14. The molecule has 0 radical (unpaired) electrons. The first-order valence-electron chi connectivity index (χ1n) is 7.09. The van der Waals surface area contributed by atoms with Crippen LogP contribution in [0.2, 0.25) is 0 Å². The molecule has 0 saturated heterocycles. The first-order chi connectivity index (χ1) is 9.65. The van der Waals surface area contributed by atoms with Gasteiger partial charge in [-0.3, -0.25) is 0 Å². The van der Waals surface area contributed by atoms with Gasteiger partial charge in [-0.15, -0.1) is 11.3 Å². The number of anilines is 1. The quantitative estimate of drug-likeness (QED) is 0.851. The predicted molar refractivity (Wildman–Crippen MR) is 87.2 cm³/mol. The molecule has 0 amide bonds. The van der Waals surface area contributed by atoms with E-state index in [1.807, 2.05) is 6.92 Å². The van der Waals surface area contributed by atoms with Crippen LogP contribution in [0.15, 0.2) is 30.3 Å². The summed E-state index contributed by atoms with van der Waals surface area (Å²) in [6.07, 6.45) is 3.36. The number of nitrogens with zero attached hydrogens (tertiary/aromatic N) is 2. The van der Waals surface area contributed by atoms with Crippen LogP contribution in [0.5, 0.6) is 0 Å². The first kappa shape index (κ1) is 15.0. The van der Waals surface area contributed by atoms with E-state index in [4.69, 9.17) is 5.73 Å². The molecule has 0 saturated carbocycles. The third-order valence-electron chi connectivity index (χ3n) is 3.48. The van der Waals surface area contributed by atoms with Crippen LogP contribution in [0.3, 0.4) is 0 Å². The topological polar surface area (TPSA) is 42.1 Å². The molecule has 0 fully saturated rings. The molecule has 0 unspecified atom stereocenters. The minimum absolute atomic E-state index is 0.690. The second-order valence-corrected chi connectivity index (χ2v) is 6.32. The van der Waals surface area contributed by atoms with Gasteiger partial charge in [-0.2, -0.15) is 0 Å². The van der Waals surface area contributed by atoms with Crippen LogP contribution in [0.4, 0.5) is 5.13 Å². The summed E-state index contributed by atoms with van der Waals surface area (Å²) in [5.41, 5.74) is 8.22. The average molecular weight is 289 g/mol. The van der Waals surface area contributed by atoms with Crippen molar-refractivity contribution in [2.75, 3.05) is 25.9 Å². The van der Waals surface area contributed by atoms with Gasteiger partial charge in [-0.05, 0) is 45.3 Å². The van der Waals surface area contributed by atoms with Crippen molar-refractivity contribution in [3.05, 3.63) is 46.5 Å². The summed E-state index contributed by atoms with van der Waals surface area (Å²) in [4.78, 5) is 8.00. The summed E-state index contributed by atoms with van der Waals surface area (Å²) < 4.78 is 0. The minimum Gasteiger partial charge on any atom is -0.375 e. The highest BCUT2D eigenvalue weighted by Crippen LogP contribution is 2.21. The molecule has 1 heterocycles. The van der Waals surface area contributed by atoms with E-state index in [1.54, 1.807) is 11.3 Å². The van der Waals surface area contributed by atoms with Crippen LogP contribution >= 0.6 is 11.3 Å². The number of rotatable bonds is 7. The molecule has 0 spiro atoms. The molecule has 0 aliphatic heterocycles. The zero-order valence-electron chi connectivity index (χ0n) is 12.3. The number of nitrogen functional groups attached to an aromatic ring is 1. The molecule has 0 atom stereocenters. The molecule has 3 nitrogen and oxygen atoms in total. The van der Waals surface area contributed by atoms with Crippen molar-refractivity contribution in [2.45, 2.75) is 26.2 Å². The number of aryl methyl sites for hydroxylation is 2. The summed E-state index contributed by atoms with van der Waals surface area (Å²) in [5, 5.41) is 0.690. The molecule has 1 aromatic carbocycles. The Morgan fingerprint density at radius 2 is 1.90 bits per heavy atom. The summed E-state index contributed by atoms with van der Waals surface area (Å²) in [5.74, 6) is 0. The second-order valence-electron chi connectivity index (χ2n) is 5.20. The molecule has 20 heavy (non-hydrogen) atoms. The van der Waals surface area contributed by atoms with Gasteiger partial charge in [0.2, 0.25) is 0 Å². The van der Waals surface area contributed by atoms with Crippen LogP contribution in [0.25, 0.3) is 0 Å². The number of likely N-dealkylation sites (N-methyl/N-ethyl adjacent to an activating group) is 1. The van der Waals surface area contributed by atoms with E-state index in [1.165, 1.54) is 10.4 Å². The number of hydrogen-bond acceptors (Lipinski definition) is 4. The Labute approximate surface area is 125 Å². The van der Waals surface area contributed by atoms with E-state index in [2.05, 4.69) is 47.3 Å². The van der Waals surface area contributed by atoms with E-state index < -0.39 is 0 Å². The van der Waals surface area contributed by atoms with E-state index in [-0.39, 0.29) is 0 Å². The monoisotopic (exact) mass is 289 g/mol. The number of benzene rings is 1. The fourth-order valence-electron chi connectivity index (χ4n) is 2.27. The van der Waals surface area contributed by atoms with Crippen molar-refractivity contribution >= 4 is 16.5 Å². The predicted octanol–water partition coefficient (Wildman–Crippen LogP) is 3.14. The Balaban J connectivity index is 1.68. The van der Waals surface area contributed by atoms with Gasteiger partial charge in [0.25, 0.3) is 0 Å². The lowest BCUT2D eigenvalue weighted by atomic mass is 10.1. The average Bonchev–Trinajstić information content (AvgIpc) is 2.76. The van der Waals surface area contributed by atoms with Crippen LogP contribution in [-0.2, 0) is 12.8 Å². The highest BCUT2D eigenvalue weighted by molar-refractivity contribution is 7.15. The Bertz CT molecular complexity index is 522. The minimum atomic E-state index is 0.690. The summed E-state index contributed by atoms with van der Waals surface area (Å²) in [7, 11) is 2.19. The van der Waals surface area contributed by atoms with Crippen molar-refractivity contribution < 1.29 is 0 Å². The van der Waals surface area contributed by atoms with Gasteiger partial charge in [0.15, 0.2) is 5.13 Å². The first-order valence-corrected chi connectivity index (χ1v) is 7.91. The van der Waals surface area contributed by atoms with E-state index in [0.717, 1.165) is 38.0 Å². The van der Waals surface area contributed by atoms with Crippen LogP contribution in [0.1, 0.15) is 22.6 Å². The van der Waals surface area contributed by atoms with E-state index in [9.17, 15) is 0 Å². The SMILES string of the molecule is Cc1nc(N)sc1CCCN(C)CCc1ccccc1. The highest BCUT2D eigenvalue weighted by Gasteiger charge is 2.06. The lowest BCUT2D eigenvalue weighted by Crippen LogP contribution is -2.22. The largest absolute Gasteiger partial charge is 0.375 e. The Morgan fingerprint density at radius 3 is 2.55 bits per heavy atom. The van der Waals surface area contributed by atoms with Crippen molar-refractivity contribution in [3.8, 4) is 0 Å². The van der Waals surface area contributed by atoms with Gasteiger partial charge in [-0.25, -0.2) is 4.98 Å². The number of thiazole rings is 1. The third kappa shape index (κ3) is 4.62. The zero-order chi connectivity index (χ0) is 14.4. The maximum absolute atomic E-state index is 5.72. The van der Waals surface area contributed by atoms with Crippen LogP contribution in [-0.4, -0.2) is 30.0 Å². The molecule has 0 aliphatic carbocycles.